The minimum Gasteiger partial charge on any atom is -0.478 e. The molecule has 1 amide bonds. The van der Waals surface area contributed by atoms with Gasteiger partial charge in [-0.25, -0.2) is 4.79 Å². The second kappa shape index (κ2) is 10.5. The summed E-state index contributed by atoms with van der Waals surface area (Å²) in [5, 5.41) is 9.34. The molecule has 1 aromatic carbocycles. The molecule has 2 aliphatic carbocycles. The third-order valence-electron chi connectivity index (χ3n) is 7.02. The number of nitrogens with zero attached hydrogens (tertiary/aromatic N) is 2. The summed E-state index contributed by atoms with van der Waals surface area (Å²) in [5.41, 5.74) is 8.32. The number of carbonyl (C=O) groups excluding carboxylic acids is 1. The van der Waals surface area contributed by atoms with E-state index in [0.29, 0.717) is 25.2 Å². The molecule has 0 spiro atoms. The van der Waals surface area contributed by atoms with Crippen LogP contribution in [0, 0.1) is 11.8 Å². The van der Waals surface area contributed by atoms with Crippen molar-refractivity contribution in [2.75, 3.05) is 32.6 Å². The number of aromatic carboxylic acids is 1. The van der Waals surface area contributed by atoms with Crippen LogP contribution < -0.4 is 10.6 Å². The Hall–Kier alpha value is -2.12. The van der Waals surface area contributed by atoms with Crippen molar-refractivity contribution in [1.82, 2.24) is 4.90 Å². The summed E-state index contributed by atoms with van der Waals surface area (Å²) in [7, 11) is 5.68. The van der Waals surface area contributed by atoms with Crippen LogP contribution in [0.15, 0.2) is 18.2 Å². The van der Waals surface area contributed by atoms with Crippen LogP contribution >= 0.6 is 0 Å². The van der Waals surface area contributed by atoms with Gasteiger partial charge in [0.1, 0.15) is 0 Å². The molecule has 172 valence electrons. The highest BCUT2D eigenvalue weighted by atomic mass is 16.5. The van der Waals surface area contributed by atoms with Gasteiger partial charge in [0.25, 0.3) is 0 Å². The van der Waals surface area contributed by atoms with E-state index in [9.17, 15) is 14.7 Å². The van der Waals surface area contributed by atoms with E-state index in [2.05, 4.69) is 0 Å². The maximum absolute atomic E-state index is 12.7. The van der Waals surface area contributed by atoms with Crippen molar-refractivity contribution in [1.29, 1.82) is 0 Å². The molecule has 7 nitrogen and oxygen atoms in total. The second-order valence-corrected chi connectivity index (χ2v) is 9.44. The van der Waals surface area contributed by atoms with Gasteiger partial charge >= 0.3 is 5.97 Å². The van der Waals surface area contributed by atoms with Crippen LogP contribution in [0.3, 0.4) is 0 Å². The van der Waals surface area contributed by atoms with Crippen LogP contribution in [0.2, 0.25) is 0 Å². The van der Waals surface area contributed by atoms with Crippen LogP contribution in [0.5, 0.6) is 0 Å². The second-order valence-electron chi connectivity index (χ2n) is 9.44. The lowest BCUT2D eigenvalue weighted by molar-refractivity contribution is -0.136. The van der Waals surface area contributed by atoms with Gasteiger partial charge in [-0.3, -0.25) is 4.79 Å². The Balaban J connectivity index is 1.44. The Morgan fingerprint density at radius 3 is 2.32 bits per heavy atom. The standard InChI is InChI=1S/C24H37N3O4/c1-26(2)21-12-17(11-19(13-21)24(29)30)15-31-14-16-7-9-18(10-8-16)22(25)23(28)27(3)20-5-4-6-20/h11-13,16,18,20,22H,4-10,14-15,25H2,1-3H3,(H,29,30). The molecule has 1 unspecified atom stereocenters. The Morgan fingerprint density at radius 1 is 1.10 bits per heavy atom. The number of hydrogen-bond donors (Lipinski definition) is 2. The summed E-state index contributed by atoms with van der Waals surface area (Å²) in [4.78, 5) is 27.8. The molecule has 0 radical (unpaired) electrons. The van der Waals surface area contributed by atoms with Gasteiger partial charge in [0.2, 0.25) is 5.91 Å². The van der Waals surface area contributed by atoms with Crippen LogP contribution in [0.4, 0.5) is 5.69 Å². The number of benzene rings is 1. The molecule has 0 aromatic heterocycles. The lowest BCUT2D eigenvalue weighted by Crippen LogP contribution is -2.52. The molecule has 3 N–H and O–H groups in total. The average Bonchev–Trinajstić information content (AvgIpc) is 2.71. The summed E-state index contributed by atoms with van der Waals surface area (Å²) in [6.07, 6.45) is 7.35. The zero-order valence-electron chi connectivity index (χ0n) is 19.0. The lowest BCUT2D eigenvalue weighted by atomic mass is 9.78. The average molecular weight is 432 g/mol. The molecule has 7 heteroatoms. The van der Waals surface area contributed by atoms with E-state index in [1.807, 2.05) is 37.0 Å². The van der Waals surface area contributed by atoms with E-state index in [4.69, 9.17) is 10.5 Å². The summed E-state index contributed by atoms with van der Waals surface area (Å²) < 4.78 is 5.95. The number of carbonyl (C=O) groups is 2. The predicted molar refractivity (Wildman–Crippen MR) is 121 cm³/mol. The molecular weight excluding hydrogens is 394 g/mol. The van der Waals surface area contributed by atoms with E-state index < -0.39 is 12.0 Å². The quantitative estimate of drug-likeness (QED) is 0.624. The fourth-order valence-corrected chi connectivity index (χ4v) is 4.59. The van der Waals surface area contributed by atoms with Crippen molar-refractivity contribution in [3.8, 4) is 0 Å². The third kappa shape index (κ3) is 5.98. The van der Waals surface area contributed by atoms with Crippen LogP contribution in [-0.4, -0.2) is 61.7 Å². The van der Waals surface area contributed by atoms with Crippen LogP contribution in [0.25, 0.3) is 0 Å². The summed E-state index contributed by atoms with van der Waals surface area (Å²) in [6.45, 7) is 1.04. The molecule has 0 saturated heterocycles. The van der Waals surface area contributed by atoms with Crippen molar-refractivity contribution < 1.29 is 19.4 Å². The molecular formula is C24H37N3O4. The molecule has 3 rings (SSSR count). The summed E-state index contributed by atoms with van der Waals surface area (Å²) >= 11 is 0. The maximum atomic E-state index is 12.7. The topological polar surface area (TPSA) is 96.1 Å². The Morgan fingerprint density at radius 2 is 1.77 bits per heavy atom. The largest absolute Gasteiger partial charge is 0.478 e. The van der Waals surface area contributed by atoms with Gasteiger partial charge < -0.3 is 25.4 Å². The number of hydrogen-bond acceptors (Lipinski definition) is 5. The minimum absolute atomic E-state index is 0.0967. The van der Waals surface area contributed by atoms with E-state index in [1.54, 1.807) is 12.1 Å². The van der Waals surface area contributed by atoms with Gasteiger partial charge in [-0.15, -0.1) is 0 Å². The first-order valence-corrected chi connectivity index (χ1v) is 11.4. The minimum atomic E-state index is -0.933. The lowest BCUT2D eigenvalue weighted by Gasteiger charge is -2.38. The molecule has 2 saturated carbocycles. The number of amides is 1. The fourth-order valence-electron chi connectivity index (χ4n) is 4.59. The first kappa shape index (κ1) is 23.5. The Bertz CT molecular complexity index is 770. The van der Waals surface area contributed by atoms with Crippen molar-refractivity contribution in [2.24, 2.45) is 17.6 Å². The Kier molecular flexibility index (Phi) is 7.94. The first-order valence-electron chi connectivity index (χ1n) is 11.4. The smallest absolute Gasteiger partial charge is 0.335 e. The number of ether oxygens (including phenoxy) is 1. The number of anilines is 1. The molecule has 0 bridgehead atoms. The first-order chi connectivity index (χ1) is 14.8. The van der Waals surface area contributed by atoms with Crippen molar-refractivity contribution in [3.05, 3.63) is 29.3 Å². The zero-order valence-corrected chi connectivity index (χ0v) is 19.0. The van der Waals surface area contributed by atoms with Gasteiger partial charge in [0.15, 0.2) is 0 Å². The molecule has 2 fully saturated rings. The van der Waals surface area contributed by atoms with Gasteiger partial charge in [-0.05, 0) is 80.5 Å². The molecule has 0 heterocycles. The SMILES string of the molecule is CN(C)c1cc(COCC2CCC(C(N)C(=O)N(C)C3CCC3)CC2)cc(C(=O)O)c1. The van der Waals surface area contributed by atoms with E-state index >= 15 is 0 Å². The van der Waals surface area contributed by atoms with Crippen LogP contribution in [0.1, 0.15) is 60.9 Å². The van der Waals surface area contributed by atoms with E-state index in [-0.39, 0.29) is 17.4 Å². The normalized spacial score (nSPS) is 22.5. The van der Waals surface area contributed by atoms with Gasteiger partial charge in [0, 0.05) is 39.5 Å². The van der Waals surface area contributed by atoms with Gasteiger partial charge in [0.05, 0.1) is 18.2 Å². The zero-order chi connectivity index (χ0) is 22.5. The van der Waals surface area contributed by atoms with E-state index in [0.717, 1.165) is 49.8 Å². The van der Waals surface area contributed by atoms with Gasteiger partial charge in [-0.2, -0.15) is 0 Å². The summed E-state index contributed by atoms with van der Waals surface area (Å²) in [5.74, 6) is -0.128. The molecule has 31 heavy (non-hydrogen) atoms. The molecule has 2 aliphatic rings. The number of carboxylic acids is 1. The Labute approximate surface area is 185 Å². The number of likely N-dealkylation sites (N-methyl/N-ethyl adjacent to an activating group) is 1. The number of nitrogens with two attached hydrogens (primary N) is 1. The van der Waals surface area contributed by atoms with E-state index in [1.165, 1.54) is 6.42 Å². The highest BCUT2D eigenvalue weighted by Gasteiger charge is 2.34. The third-order valence-corrected chi connectivity index (χ3v) is 7.02. The van der Waals surface area contributed by atoms with Crippen LogP contribution in [-0.2, 0) is 16.1 Å². The maximum Gasteiger partial charge on any atom is 0.335 e. The molecule has 1 aromatic rings. The van der Waals surface area contributed by atoms with Crippen molar-refractivity contribution >= 4 is 17.6 Å². The van der Waals surface area contributed by atoms with Crippen molar-refractivity contribution in [2.45, 2.75) is 63.6 Å². The predicted octanol–water partition coefficient (Wildman–Crippen LogP) is 3.11. The highest BCUT2D eigenvalue weighted by Crippen LogP contribution is 2.32. The molecule has 1 atom stereocenters. The molecule has 0 aliphatic heterocycles. The van der Waals surface area contributed by atoms with Crippen molar-refractivity contribution in [3.63, 3.8) is 0 Å². The van der Waals surface area contributed by atoms with Gasteiger partial charge in [-0.1, -0.05) is 0 Å². The highest BCUT2D eigenvalue weighted by molar-refractivity contribution is 5.89. The number of carboxylic acid groups (broad SMARTS) is 1. The monoisotopic (exact) mass is 431 g/mol. The fraction of sp³-hybridized carbons (Fsp3) is 0.667. The summed E-state index contributed by atoms with van der Waals surface area (Å²) in [6, 6.07) is 5.30. The number of rotatable bonds is 9.